The van der Waals surface area contributed by atoms with Gasteiger partial charge in [-0.1, -0.05) is 19.1 Å². The summed E-state index contributed by atoms with van der Waals surface area (Å²) in [6.07, 6.45) is 0.178. The van der Waals surface area contributed by atoms with E-state index in [4.69, 9.17) is 9.47 Å². The zero-order valence-electron chi connectivity index (χ0n) is 13.5. The number of carbonyl (C=O) groups excluding carboxylic acids is 2. The van der Waals surface area contributed by atoms with Gasteiger partial charge >= 0.3 is 6.03 Å². The number of fused-ring (bicyclic) bond motifs is 1. The highest BCUT2D eigenvalue weighted by Gasteiger charge is 2.22. The third-order valence-corrected chi connectivity index (χ3v) is 3.61. The van der Waals surface area contributed by atoms with Crippen molar-refractivity contribution in [2.24, 2.45) is 0 Å². The van der Waals surface area contributed by atoms with E-state index in [9.17, 15) is 9.59 Å². The molecule has 1 heterocycles. The number of ether oxygens (including phenoxy) is 2. The summed E-state index contributed by atoms with van der Waals surface area (Å²) in [5.74, 6) is 1.21. The van der Waals surface area contributed by atoms with Gasteiger partial charge in [0.15, 0.2) is 11.5 Å². The Balaban J connectivity index is 1.79. The molecule has 2 rings (SSSR count). The van der Waals surface area contributed by atoms with Gasteiger partial charge in [-0.2, -0.15) is 0 Å². The number of rotatable bonds is 6. The van der Waals surface area contributed by atoms with Crippen molar-refractivity contribution in [2.45, 2.75) is 19.4 Å². The van der Waals surface area contributed by atoms with E-state index < -0.39 is 6.03 Å². The number of nitrogens with one attached hydrogen (secondary N) is 2. The van der Waals surface area contributed by atoms with Crippen LogP contribution in [-0.4, -0.2) is 56.2 Å². The van der Waals surface area contributed by atoms with Crippen LogP contribution in [0.1, 0.15) is 13.3 Å². The van der Waals surface area contributed by atoms with E-state index in [1.807, 2.05) is 31.2 Å². The van der Waals surface area contributed by atoms with Gasteiger partial charge in [-0.15, -0.1) is 0 Å². The van der Waals surface area contributed by atoms with Crippen LogP contribution in [0.5, 0.6) is 11.5 Å². The molecule has 126 valence electrons. The van der Waals surface area contributed by atoms with Crippen molar-refractivity contribution in [1.82, 2.24) is 15.5 Å². The van der Waals surface area contributed by atoms with Crippen molar-refractivity contribution in [2.75, 3.05) is 33.3 Å². The molecule has 0 fully saturated rings. The lowest BCUT2D eigenvalue weighted by molar-refractivity contribution is -0.120. The highest BCUT2D eigenvalue weighted by Crippen LogP contribution is 2.30. The molecule has 0 aliphatic carbocycles. The van der Waals surface area contributed by atoms with Crippen LogP contribution in [0.3, 0.4) is 0 Å². The summed E-state index contributed by atoms with van der Waals surface area (Å²) in [4.78, 5) is 24.8. The van der Waals surface area contributed by atoms with E-state index in [1.165, 1.54) is 7.05 Å². The largest absolute Gasteiger partial charge is 0.486 e. The molecular formula is C16H23N3O4. The van der Waals surface area contributed by atoms with Crippen LogP contribution in [0.15, 0.2) is 24.3 Å². The molecule has 2 N–H and O–H groups in total. The van der Waals surface area contributed by atoms with Gasteiger partial charge < -0.3 is 14.8 Å². The second-order valence-corrected chi connectivity index (χ2v) is 5.27. The Kier molecular flexibility index (Phi) is 6.22. The average Bonchev–Trinajstić information content (AvgIpc) is 2.58. The SMILES string of the molecule is CCN(CCC(=O)NC(=O)NC)C[C@H]1COc2ccccc2O1. The summed E-state index contributed by atoms with van der Waals surface area (Å²) in [6, 6.07) is 7.09. The Hall–Kier alpha value is -2.28. The molecule has 0 saturated heterocycles. The molecule has 0 radical (unpaired) electrons. The summed E-state index contributed by atoms with van der Waals surface area (Å²) in [6.45, 7) is 4.51. The van der Waals surface area contributed by atoms with Gasteiger partial charge in [0.2, 0.25) is 5.91 Å². The van der Waals surface area contributed by atoms with E-state index >= 15 is 0 Å². The first-order valence-corrected chi connectivity index (χ1v) is 7.74. The van der Waals surface area contributed by atoms with E-state index in [1.54, 1.807) is 0 Å². The Bertz CT molecular complexity index is 550. The molecule has 1 aliphatic rings. The summed E-state index contributed by atoms with van der Waals surface area (Å²) in [7, 11) is 1.47. The van der Waals surface area contributed by atoms with Gasteiger partial charge in [0.1, 0.15) is 12.7 Å². The molecule has 7 nitrogen and oxygen atoms in total. The van der Waals surface area contributed by atoms with Gasteiger partial charge in [-0.25, -0.2) is 4.79 Å². The number of benzene rings is 1. The number of hydrogen-bond acceptors (Lipinski definition) is 5. The van der Waals surface area contributed by atoms with Gasteiger partial charge in [-0.3, -0.25) is 15.0 Å². The first-order chi connectivity index (χ1) is 11.1. The molecule has 1 aromatic rings. The highest BCUT2D eigenvalue weighted by atomic mass is 16.6. The van der Waals surface area contributed by atoms with Crippen molar-refractivity contribution in [3.63, 3.8) is 0 Å². The third kappa shape index (κ3) is 5.14. The Morgan fingerprint density at radius 2 is 2.04 bits per heavy atom. The maximum absolute atomic E-state index is 11.6. The summed E-state index contributed by atoms with van der Waals surface area (Å²) >= 11 is 0. The number of urea groups is 1. The summed E-state index contributed by atoms with van der Waals surface area (Å²) in [5, 5.41) is 4.61. The zero-order valence-corrected chi connectivity index (χ0v) is 13.5. The van der Waals surface area contributed by atoms with Crippen molar-refractivity contribution in [3.05, 3.63) is 24.3 Å². The standard InChI is InChI=1S/C16H23N3O4/c1-3-19(9-8-15(20)18-16(21)17-2)10-12-11-22-13-6-4-5-7-14(13)23-12/h4-7,12H,3,8-11H2,1-2H3,(H2,17,18,20,21)/t12-/m0/s1. The Morgan fingerprint density at radius 1 is 1.30 bits per heavy atom. The molecule has 0 aromatic heterocycles. The van der Waals surface area contributed by atoms with Crippen LogP contribution in [0, 0.1) is 0 Å². The highest BCUT2D eigenvalue weighted by molar-refractivity contribution is 5.94. The van der Waals surface area contributed by atoms with Crippen molar-refractivity contribution in [1.29, 1.82) is 0 Å². The monoisotopic (exact) mass is 321 g/mol. The molecule has 0 unspecified atom stereocenters. The molecule has 1 aliphatic heterocycles. The second-order valence-electron chi connectivity index (χ2n) is 5.27. The van der Waals surface area contributed by atoms with Crippen LogP contribution in [-0.2, 0) is 4.79 Å². The van der Waals surface area contributed by atoms with Gasteiger partial charge in [0.05, 0.1) is 0 Å². The van der Waals surface area contributed by atoms with Crippen molar-refractivity contribution in [3.8, 4) is 11.5 Å². The maximum Gasteiger partial charge on any atom is 0.321 e. The van der Waals surface area contributed by atoms with Crippen LogP contribution >= 0.6 is 0 Å². The quantitative estimate of drug-likeness (QED) is 0.817. The van der Waals surface area contributed by atoms with E-state index in [0.717, 1.165) is 18.0 Å². The van der Waals surface area contributed by atoms with Crippen LogP contribution in [0.25, 0.3) is 0 Å². The molecule has 0 bridgehead atoms. The number of likely N-dealkylation sites (N-methyl/N-ethyl adjacent to an activating group) is 1. The zero-order chi connectivity index (χ0) is 16.7. The van der Waals surface area contributed by atoms with Crippen LogP contribution in [0.4, 0.5) is 4.79 Å². The Morgan fingerprint density at radius 3 is 2.74 bits per heavy atom. The number of para-hydroxylation sites is 2. The number of amides is 3. The fourth-order valence-corrected chi connectivity index (χ4v) is 2.33. The van der Waals surface area contributed by atoms with Gasteiger partial charge in [0.25, 0.3) is 0 Å². The van der Waals surface area contributed by atoms with E-state index in [0.29, 0.717) is 19.7 Å². The van der Waals surface area contributed by atoms with E-state index in [2.05, 4.69) is 15.5 Å². The molecule has 0 saturated carbocycles. The molecule has 7 heteroatoms. The number of carbonyl (C=O) groups is 2. The molecule has 3 amide bonds. The fourth-order valence-electron chi connectivity index (χ4n) is 2.33. The summed E-state index contributed by atoms with van der Waals surface area (Å²) in [5.41, 5.74) is 0. The average molecular weight is 321 g/mol. The normalized spacial score (nSPS) is 16.0. The van der Waals surface area contributed by atoms with Gasteiger partial charge in [0, 0.05) is 26.6 Å². The number of imide groups is 1. The molecule has 23 heavy (non-hydrogen) atoms. The minimum atomic E-state index is -0.487. The fraction of sp³-hybridized carbons (Fsp3) is 0.500. The minimum Gasteiger partial charge on any atom is -0.486 e. The third-order valence-electron chi connectivity index (χ3n) is 3.61. The van der Waals surface area contributed by atoms with Crippen LogP contribution in [0.2, 0.25) is 0 Å². The second kappa shape index (κ2) is 8.38. The molecular weight excluding hydrogens is 298 g/mol. The first-order valence-electron chi connectivity index (χ1n) is 7.74. The predicted molar refractivity (Wildman–Crippen MR) is 85.7 cm³/mol. The van der Waals surface area contributed by atoms with Crippen LogP contribution < -0.4 is 20.1 Å². The molecule has 1 aromatic carbocycles. The Labute approximate surface area is 135 Å². The van der Waals surface area contributed by atoms with E-state index in [-0.39, 0.29) is 18.4 Å². The molecule has 0 spiro atoms. The topological polar surface area (TPSA) is 79.9 Å². The number of hydrogen-bond donors (Lipinski definition) is 2. The lowest BCUT2D eigenvalue weighted by Gasteiger charge is -2.30. The van der Waals surface area contributed by atoms with Crippen molar-refractivity contribution < 1.29 is 19.1 Å². The molecule has 1 atom stereocenters. The lowest BCUT2D eigenvalue weighted by atomic mass is 10.2. The predicted octanol–water partition coefficient (Wildman–Crippen LogP) is 0.994. The summed E-state index contributed by atoms with van der Waals surface area (Å²) < 4.78 is 11.6. The smallest absolute Gasteiger partial charge is 0.321 e. The number of nitrogens with zero attached hydrogens (tertiary/aromatic N) is 1. The van der Waals surface area contributed by atoms with Crippen molar-refractivity contribution >= 4 is 11.9 Å². The first kappa shape index (κ1) is 17.1. The van der Waals surface area contributed by atoms with Gasteiger partial charge in [-0.05, 0) is 18.7 Å². The lowest BCUT2D eigenvalue weighted by Crippen LogP contribution is -2.43. The maximum atomic E-state index is 11.6. The minimum absolute atomic E-state index is 0.0770.